The zero-order valence-electron chi connectivity index (χ0n) is 17.3. The molecule has 1 heterocycles. The maximum absolute atomic E-state index is 14.2. The molecule has 8 heteroatoms. The van der Waals surface area contributed by atoms with E-state index in [2.05, 4.69) is 10.2 Å². The van der Waals surface area contributed by atoms with Crippen molar-refractivity contribution < 1.29 is 13.5 Å². The fourth-order valence-electron chi connectivity index (χ4n) is 3.41. The number of hydrogen-bond acceptors (Lipinski definition) is 3. The molecule has 28 heavy (non-hydrogen) atoms. The van der Waals surface area contributed by atoms with Gasteiger partial charge in [0.05, 0.1) is 18.7 Å². The van der Waals surface area contributed by atoms with Crippen LogP contribution >= 0.6 is 24.0 Å². The Balaban J connectivity index is 0.00000392. The number of nitrogens with one attached hydrogen (secondary N) is 1. The Labute approximate surface area is 184 Å². The molecule has 0 amide bonds. The Bertz CT molecular complexity index is 602. The van der Waals surface area contributed by atoms with Crippen LogP contribution in [-0.2, 0) is 4.74 Å². The fourth-order valence-corrected chi connectivity index (χ4v) is 3.41. The molecule has 1 atom stereocenters. The van der Waals surface area contributed by atoms with Gasteiger partial charge in [-0.3, -0.25) is 4.99 Å². The molecule has 1 unspecified atom stereocenters. The summed E-state index contributed by atoms with van der Waals surface area (Å²) in [5.74, 6) is -0.283. The summed E-state index contributed by atoms with van der Waals surface area (Å²) >= 11 is 0. The minimum absolute atomic E-state index is 0. The summed E-state index contributed by atoms with van der Waals surface area (Å²) in [5, 5.41) is 3.30. The molecule has 1 saturated heterocycles. The SMILES string of the molecule is CCNC(=NCC(c1c(F)cccc1F)N(C)C)N1CCC(OCC)CC1.I. The summed E-state index contributed by atoms with van der Waals surface area (Å²) in [5.41, 5.74) is 0.0668. The van der Waals surface area contributed by atoms with Gasteiger partial charge in [-0.1, -0.05) is 6.07 Å². The lowest BCUT2D eigenvalue weighted by Crippen LogP contribution is -2.47. The van der Waals surface area contributed by atoms with Crippen molar-refractivity contribution in [1.82, 2.24) is 15.1 Å². The number of halogens is 3. The van der Waals surface area contributed by atoms with Gasteiger partial charge in [0.1, 0.15) is 11.6 Å². The number of rotatable bonds is 7. The van der Waals surface area contributed by atoms with E-state index in [9.17, 15) is 8.78 Å². The zero-order chi connectivity index (χ0) is 19.8. The number of ether oxygens (including phenoxy) is 1. The summed E-state index contributed by atoms with van der Waals surface area (Å²) in [4.78, 5) is 8.70. The topological polar surface area (TPSA) is 40.1 Å². The average Bonchev–Trinajstić information content (AvgIpc) is 2.64. The number of aliphatic imine (C=N–C) groups is 1. The largest absolute Gasteiger partial charge is 0.378 e. The molecule has 1 aliphatic rings. The molecule has 0 aromatic heterocycles. The van der Waals surface area contributed by atoms with Gasteiger partial charge in [0.2, 0.25) is 0 Å². The Morgan fingerprint density at radius 2 is 1.86 bits per heavy atom. The van der Waals surface area contributed by atoms with E-state index in [1.165, 1.54) is 18.2 Å². The molecule has 0 saturated carbocycles. The van der Waals surface area contributed by atoms with Crippen molar-refractivity contribution in [1.29, 1.82) is 0 Å². The molecule has 1 aromatic rings. The molecule has 0 bridgehead atoms. The van der Waals surface area contributed by atoms with Gasteiger partial charge in [-0.25, -0.2) is 8.78 Å². The molecule has 0 radical (unpaired) electrons. The van der Waals surface area contributed by atoms with Gasteiger partial charge in [0, 0.05) is 31.8 Å². The maximum Gasteiger partial charge on any atom is 0.193 e. The number of hydrogen-bond donors (Lipinski definition) is 1. The van der Waals surface area contributed by atoms with Gasteiger partial charge in [0.15, 0.2) is 5.96 Å². The van der Waals surface area contributed by atoms with Crippen LogP contribution in [0.3, 0.4) is 0 Å². The van der Waals surface area contributed by atoms with E-state index in [1.807, 2.05) is 27.9 Å². The summed E-state index contributed by atoms with van der Waals surface area (Å²) < 4.78 is 34.2. The second kappa shape index (κ2) is 12.5. The summed E-state index contributed by atoms with van der Waals surface area (Å²) in [6, 6.07) is 3.50. The Morgan fingerprint density at radius 3 is 2.36 bits per heavy atom. The van der Waals surface area contributed by atoms with E-state index in [0.717, 1.165) is 45.0 Å². The van der Waals surface area contributed by atoms with Gasteiger partial charge in [-0.05, 0) is 52.9 Å². The van der Waals surface area contributed by atoms with Crippen LogP contribution in [-0.4, -0.2) is 68.7 Å². The van der Waals surface area contributed by atoms with E-state index < -0.39 is 17.7 Å². The van der Waals surface area contributed by atoms with Crippen molar-refractivity contribution in [2.24, 2.45) is 4.99 Å². The first-order valence-corrected chi connectivity index (χ1v) is 9.73. The van der Waals surface area contributed by atoms with Crippen molar-refractivity contribution in [3.05, 3.63) is 35.4 Å². The molecule has 0 spiro atoms. The minimum atomic E-state index is -0.536. The van der Waals surface area contributed by atoms with Gasteiger partial charge < -0.3 is 19.9 Å². The van der Waals surface area contributed by atoms with Gasteiger partial charge in [-0.2, -0.15) is 0 Å². The van der Waals surface area contributed by atoms with E-state index in [4.69, 9.17) is 9.73 Å². The van der Waals surface area contributed by atoms with Crippen molar-refractivity contribution in [2.45, 2.75) is 38.8 Å². The van der Waals surface area contributed by atoms with Crippen LogP contribution in [0.5, 0.6) is 0 Å². The molecule has 1 aliphatic heterocycles. The Morgan fingerprint density at radius 1 is 1.25 bits per heavy atom. The molecule has 1 aromatic carbocycles. The van der Waals surface area contributed by atoms with Crippen LogP contribution in [0.1, 0.15) is 38.3 Å². The van der Waals surface area contributed by atoms with Crippen molar-refractivity contribution in [3.63, 3.8) is 0 Å². The zero-order valence-corrected chi connectivity index (χ0v) is 19.6. The number of likely N-dealkylation sites (N-methyl/N-ethyl adjacent to an activating group) is 1. The van der Waals surface area contributed by atoms with Crippen LogP contribution in [0.2, 0.25) is 0 Å². The first kappa shape index (κ1) is 25.0. The second-order valence-electron chi connectivity index (χ2n) is 6.95. The number of piperidine rings is 1. The van der Waals surface area contributed by atoms with Crippen LogP contribution in [0.4, 0.5) is 8.78 Å². The standard InChI is InChI=1S/C20H32F2N4O.HI/c1-5-23-20(26-12-10-15(11-13-26)27-6-2)24-14-18(25(3)4)19-16(21)8-7-9-17(19)22;/h7-9,15,18H,5-6,10-14H2,1-4H3,(H,23,24);1H. The molecule has 1 N–H and O–H groups in total. The molecule has 1 fully saturated rings. The highest BCUT2D eigenvalue weighted by atomic mass is 127. The third-order valence-electron chi connectivity index (χ3n) is 4.85. The van der Waals surface area contributed by atoms with E-state index in [1.54, 1.807) is 4.90 Å². The molecule has 2 rings (SSSR count). The highest BCUT2D eigenvalue weighted by Crippen LogP contribution is 2.25. The normalized spacial score (nSPS) is 16.8. The third-order valence-corrected chi connectivity index (χ3v) is 4.85. The van der Waals surface area contributed by atoms with Gasteiger partial charge in [-0.15, -0.1) is 24.0 Å². The number of guanidine groups is 1. The minimum Gasteiger partial charge on any atom is -0.378 e. The third kappa shape index (κ3) is 6.81. The number of benzene rings is 1. The highest BCUT2D eigenvalue weighted by molar-refractivity contribution is 14.0. The monoisotopic (exact) mass is 510 g/mol. The lowest BCUT2D eigenvalue weighted by atomic mass is 10.0. The quantitative estimate of drug-likeness (QED) is 0.346. The van der Waals surface area contributed by atoms with Gasteiger partial charge in [0.25, 0.3) is 0 Å². The summed E-state index contributed by atoms with van der Waals surface area (Å²) in [7, 11) is 3.62. The number of nitrogens with zero attached hydrogens (tertiary/aromatic N) is 3. The van der Waals surface area contributed by atoms with Crippen molar-refractivity contribution >= 4 is 29.9 Å². The molecule has 160 valence electrons. The van der Waals surface area contributed by atoms with Crippen molar-refractivity contribution in [2.75, 3.05) is 46.9 Å². The molecular formula is C20H33F2IN4O. The van der Waals surface area contributed by atoms with Crippen molar-refractivity contribution in [3.8, 4) is 0 Å². The Kier molecular flexibility index (Phi) is 11.2. The van der Waals surface area contributed by atoms with Crippen LogP contribution in [0.25, 0.3) is 0 Å². The number of likely N-dealkylation sites (tertiary alicyclic amines) is 1. The predicted molar refractivity (Wildman–Crippen MR) is 120 cm³/mol. The lowest BCUT2D eigenvalue weighted by Gasteiger charge is -2.34. The molecular weight excluding hydrogens is 477 g/mol. The van der Waals surface area contributed by atoms with Crippen LogP contribution in [0.15, 0.2) is 23.2 Å². The van der Waals surface area contributed by atoms with E-state index >= 15 is 0 Å². The van der Waals surface area contributed by atoms with E-state index in [0.29, 0.717) is 6.10 Å². The lowest BCUT2D eigenvalue weighted by molar-refractivity contribution is 0.0263. The first-order valence-electron chi connectivity index (χ1n) is 9.73. The molecule has 0 aliphatic carbocycles. The fraction of sp³-hybridized carbons (Fsp3) is 0.650. The highest BCUT2D eigenvalue weighted by Gasteiger charge is 2.24. The van der Waals surface area contributed by atoms with E-state index in [-0.39, 0.29) is 36.1 Å². The maximum atomic E-state index is 14.2. The smallest absolute Gasteiger partial charge is 0.193 e. The second-order valence-corrected chi connectivity index (χ2v) is 6.95. The van der Waals surface area contributed by atoms with Crippen LogP contribution in [0, 0.1) is 11.6 Å². The first-order chi connectivity index (χ1) is 13.0. The molecule has 5 nitrogen and oxygen atoms in total. The van der Waals surface area contributed by atoms with Gasteiger partial charge >= 0.3 is 0 Å². The van der Waals surface area contributed by atoms with Crippen LogP contribution < -0.4 is 5.32 Å². The summed E-state index contributed by atoms with van der Waals surface area (Å²) in [6.45, 7) is 7.50. The Hall–Kier alpha value is -1.00. The predicted octanol–water partition coefficient (Wildman–Crippen LogP) is 3.65. The summed E-state index contributed by atoms with van der Waals surface area (Å²) in [6.07, 6.45) is 2.21. The average molecular weight is 510 g/mol.